The summed E-state index contributed by atoms with van der Waals surface area (Å²) in [5, 5.41) is 22.1. The number of rotatable bonds is 8. The van der Waals surface area contributed by atoms with Crippen molar-refractivity contribution in [2.75, 3.05) is 6.61 Å². The molecule has 1 atom stereocenters. The first-order valence-corrected chi connectivity index (χ1v) is 11.3. The van der Waals surface area contributed by atoms with Gasteiger partial charge >= 0.3 is 7.12 Å². The number of para-hydroxylation sites is 1. The molecule has 0 aromatic heterocycles. The number of allylic oxidation sites excluding steroid dienone is 2. The molecule has 0 saturated carbocycles. The van der Waals surface area contributed by atoms with Crippen LogP contribution in [0.2, 0.25) is 6.32 Å². The summed E-state index contributed by atoms with van der Waals surface area (Å²) in [5.41, 5.74) is 4.13. The summed E-state index contributed by atoms with van der Waals surface area (Å²) in [6.45, 7) is 6.68. The molecule has 0 fully saturated rings. The lowest BCUT2D eigenvalue weighted by Gasteiger charge is -2.28. The number of aromatic hydroxyl groups is 1. The Bertz CT molecular complexity index is 1180. The van der Waals surface area contributed by atoms with Crippen molar-refractivity contribution in [2.24, 2.45) is 0 Å². The van der Waals surface area contributed by atoms with Gasteiger partial charge in [-0.05, 0) is 60.1 Å². The average molecular weight is 440 g/mol. The van der Waals surface area contributed by atoms with E-state index in [1.54, 1.807) is 6.07 Å². The molecule has 0 spiro atoms. The van der Waals surface area contributed by atoms with Gasteiger partial charge in [0.25, 0.3) is 0 Å². The van der Waals surface area contributed by atoms with Crippen molar-refractivity contribution in [1.29, 1.82) is 0 Å². The monoisotopic (exact) mass is 440 g/mol. The molecule has 1 aliphatic heterocycles. The zero-order valence-corrected chi connectivity index (χ0v) is 18.9. The number of hydrogen-bond donors (Lipinski definition) is 2. The number of fused-ring (bicyclic) bond motifs is 1. The smallest absolute Gasteiger partial charge is 0.458 e. The fourth-order valence-electron chi connectivity index (χ4n) is 4.17. The first-order valence-electron chi connectivity index (χ1n) is 11.3. The second-order valence-electron chi connectivity index (χ2n) is 8.43. The summed E-state index contributed by atoms with van der Waals surface area (Å²) in [4.78, 5) is 0. The van der Waals surface area contributed by atoms with Gasteiger partial charge in [0, 0.05) is 11.7 Å². The predicted molar refractivity (Wildman–Crippen MR) is 135 cm³/mol. The van der Waals surface area contributed by atoms with Crippen LogP contribution < -0.4 is 4.74 Å². The summed E-state index contributed by atoms with van der Waals surface area (Å²) in [5.74, 6) is 1.09. The molecule has 1 heterocycles. The molecule has 3 aromatic carbocycles. The summed E-state index contributed by atoms with van der Waals surface area (Å²) in [6, 6.07) is 21.2. The summed E-state index contributed by atoms with van der Waals surface area (Å²) < 4.78 is 11.7. The summed E-state index contributed by atoms with van der Waals surface area (Å²) in [6.07, 6.45) is 5.91. The lowest BCUT2D eigenvalue weighted by molar-refractivity contribution is 0.181. The number of phenolic OH excluding ortho intramolecular Hbond substituents is 1. The highest BCUT2D eigenvalue weighted by Gasteiger charge is 2.28. The van der Waals surface area contributed by atoms with Crippen LogP contribution in [-0.4, -0.2) is 30.0 Å². The van der Waals surface area contributed by atoms with Crippen LogP contribution in [0, 0.1) is 0 Å². The van der Waals surface area contributed by atoms with Gasteiger partial charge in [-0.2, -0.15) is 0 Å². The molecule has 0 amide bonds. The fraction of sp³-hybridized carbons (Fsp3) is 0.214. The topological polar surface area (TPSA) is 58.9 Å². The molecule has 3 aromatic rings. The average Bonchev–Trinajstić information content (AvgIpc) is 2.84. The second kappa shape index (κ2) is 10.6. The van der Waals surface area contributed by atoms with E-state index in [0.29, 0.717) is 12.9 Å². The van der Waals surface area contributed by atoms with E-state index >= 15 is 0 Å². The van der Waals surface area contributed by atoms with Crippen LogP contribution >= 0.6 is 0 Å². The van der Waals surface area contributed by atoms with Gasteiger partial charge in [-0.15, -0.1) is 0 Å². The van der Waals surface area contributed by atoms with Crippen LogP contribution in [0.3, 0.4) is 0 Å². The van der Waals surface area contributed by atoms with Crippen LogP contribution in [0.4, 0.5) is 0 Å². The van der Waals surface area contributed by atoms with E-state index in [1.807, 2.05) is 66.7 Å². The number of phenols is 1. The number of ether oxygens (including phenoxy) is 1. The third-order valence-electron chi connectivity index (χ3n) is 5.91. The van der Waals surface area contributed by atoms with Gasteiger partial charge < -0.3 is 19.5 Å². The highest BCUT2D eigenvalue weighted by molar-refractivity contribution is 6.43. The zero-order chi connectivity index (χ0) is 23.2. The SMILES string of the molecule is C=C(COc1ccccc1)C1=CCB(O)OC1CC/C(C)=C/c1ccc(O)c2ccccc12. The van der Waals surface area contributed by atoms with Crippen LogP contribution in [0.25, 0.3) is 16.8 Å². The normalized spacial score (nSPS) is 16.5. The maximum absolute atomic E-state index is 10.1. The fourth-order valence-corrected chi connectivity index (χ4v) is 4.17. The van der Waals surface area contributed by atoms with Crippen LogP contribution in [-0.2, 0) is 4.65 Å². The lowest BCUT2D eigenvalue weighted by atomic mass is 9.78. The van der Waals surface area contributed by atoms with Crippen LogP contribution in [0.5, 0.6) is 11.5 Å². The van der Waals surface area contributed by atoms with E-state index < -0.39 is 7.12 Å². The maximum Gasteiger partial charge on any atom is 0.458 e. The lowest BCUT2D eigenvalue weighted by Crippen LogP contribution is -2.32. The molecule has 4 rings (SSSR count). The van der Waals surface area contributed by atoms with Gasteiger partial charge in [0.15, 0.2) is 0 Å². The van der Waals surface area contributed by atoms with Crippen LogP contribution in [0.15, 0.2) is 96.1 Å². The van der Waals surface area contributed by atoms with Crippen molar-refractivity contribution in [1.82, 2.24) is 0 Å². The Morgan fingerprint density at radius 3 is 2.61 bits per heavy atom. The van der Waals surface area contributed by atoms with Crippen molar-refractivity contribution in [3.63, 3.8) is 0 Å². The van der Waals surface area contributed by atoms with Gasteiger partial charge in [0.05, 0.1) is 6.10 Å². The highest BCUT2D eigenvalue weighted by Crippen LogP contribution is 2.31. The third-order valence-corrected chi connectivity index (χ3v) is 5.91. The van der Waals surface area contributed by atoms with Gasteiger partial charge in [-0.25, -0.2) is 0 Å². The molecule has 0 saturated heterocycles. The van der Waals surface area contributed by atoms with E-state index in [2.05, 4.69) is 19.6 Å². The Hall–Kier alpha value is -3.28. The third kappa shape index (κ3) is 5.75. The number of hydrogen-bond acceptors (Lipinski definition) is 4. The molecule has 0 aliphatic carbocycles. The van der Waals surface area contributed by atoms with E-state index in [-0.39, 0.29) is 11.9 Å². The quantitative estimate of drug-likeness (QED) is 0.412. The van der Waals surface area contributed by atoms with Gasteiger partial charge in [-0.3, -0.25) is 0 Å². The Morgan fingerprint density at radius 2 is 1.82 bits per heavy atom. The van der Waals surface area contributed by atoms with Gasteiger partial charge in [0.2, 0.25) is 0 Å². The van der Waals surface area contributed by atoms with Crippen molar-refractivity contribution in [2.45, 2.75) is 32.2 Å². The predicted octanol–water partition coefficient (Wildman–Crippen LogP) is 6.17. The van der Waals surface area contributed by atoms with E-state index in [0.717, 1.165) is 46.1 Å². The minimum atomic E-state index is -0.799. The van der Waals surface area contributed by atoms with Crippen molar-refractivity contribution in [3.8, 4) is 11.5 Å². The molecule has 0 bridgehead atoms. The Kier molecular flexibility index (Phi) is 7.33. The van der Waals surface area contributed by atoms with Gasteiger partial charge in [-0.1, -0.05) is 72.8 Å². The van der Waals surface area contributed by atoms with Gasteiger partial charge in [0.1, 0.15) is 18.1 Å². The van der Waals surface area contributed by atoms with E-state index in [1.165, 1.54) is 5.57 Å². The van der Waals surface area contributed by atoms with Crippen LogP contribution in [0.1, 0.15) is 25.3 Å². The molecule has 1 unspecified atom stereocenters. The molecule has 1 aliphatic rings. The van der Waals surface area contributed by atoms with Crippen molar-refractivity contribution in [3.05, 3.63) is 102 Å². The first-order chi connectivity index (χ1) is 16.0. The molecule has 33 heavy (non-hydrogen) atoms. The summed E-state index contributed by atoms with van der Waals surface area (Å²) >= 11 is 0. The Morgan fingerprint density at radius 1 is 1.09 bits per heavy atom. The minimum Gasteiger partial charge on any atom is -0.507 e. The molecule has 0 radical (unpaired) electrons. The number of benzene rings is 3. The highest BCUT2D eigenvalue weighted by atomic mass is 16.5. The maximum atomic E-state index is 10.1. The molecule has 4 nitrogen and oxygen atoms in total. The standard InChI is InChI=1S/C28H29BO4/c1-20(18-22-13-14-27(30)26-11-7-6-10-25(22)26)12-15-28-24(16-17-29(31)33-28)21(2)19-32-23-8-4-3-5-9-23/h3-11,13-14,16,18,28,30-31H,2,12,15,17,19H2,1H3/b20-18+. The Balaban J connectivity index is 1.43. The molecule has 2 N–H and O–H groups in total. The zero-order valence-electron chi connectivity index (χ0n) is 18.9. The Labute approximate surface area is 195 Å². The molecular weight excluding hydrogens is 411 g/mol. The molecule has 168 valence electrons. The molecule has 5 heteroatoms. The first kappa shape index (κ1) is 22.9. The van der Waals surface area contributed by atoms with Crippen molar-refractivity contribution < 1.29 is 19.5 Å². The van der Waals surface area contributed by atoms with E-state index in [4.69, 9.17) is 9.39 Å². The molecular formula is C28H29BO4. The van der Waals surface area contributed by atoms with E-state index in [9.17, 15) is 10.1 Å². The minimum absolute atomic E-state index is 0.236. The summed E-state index contributed by atoms with van der Waals surface area (Å²) in [7, 11) is -0.799. The van der Waals surface area contributed by atoms with Crippen molar-refractivity contribution >= 4 is 24.0 Å². The second-order valence-corrected chi connectivity index (χ2v) is 8.43. The largest absolute Gasteiger partial charge is 0.507 e.